The zero-order chi connectivity index (χ0) is 23.5. The second-order valence-electron chi connectivity index (χ2n) is 8.43. The van der Waals surface area contributed by atoms with Gasteiger partial charge in [-0.1, -0.05) is 17.7 Å². The van der Waals surface area contributed by atoms with Gasteiger partial charge in [0.05, 0.1) is 22.3 Å². The minimum absolute atomic E-state index is 0.126. The molecule has 0 aliphatic carbocycles. The predicted molar refractivity (Wildman–Crippen MR) is 125 cm³/mol. The number of likely N-dealkylation sites (tertiary alicyclic amines) is 1. The van der Waals surface area contributed by atoms with Crippen molar-refractivity contribution in [3.8, 4) is 6.57 Å². The van der Waals surface area contributed by atoms with E-state index in [1.807, 2.05) is 12.3 Å². The van der Waals surface area contributed by atoms with E-state index in [0.717, 1.165) is 55.1 Å². The Morgan fingerprint density at radius 1 is 1.18 bits per heavy atom. The minimum Gasteiger partial charge on any atom is -0.356 e. The molecule has 2 saturated heterocycles. The molecule has 172 valence electrons. The molecule has 0 N–H and O–H groups in total. The third-order valence-corrected chi connectivity index (χ3v) is 6.70. The number of amides is 1. The van der Waals surface area contributed by atoms with Crippen molar-refractivity contribution in [1.29, 1.82) is 5.26 Å². The Labute approximate surface area is 197 Å². The van der Waals surface area contributed by atoms with Crippen LogP contribution in [0.2, 0.25) is 5.02 Å². The Balaban J connectivity index is 0.00000126. The van der Waals surface area contributed by atoms with E-state index in [2.05, 4.69) is 18.4 Å². The van der Waals surface area contributed by atoms with Crippen molar-refractivity contribution in [3.63, 3.8) is 0 Å². The summed E-state index contributed by atoms with van der Waals surface area (Å²) in [6, 6.07) is 6.16. The zero-order valence-corrected chi connectivity index (χ0v) is 19.3. The van der Waals surface area contributed by atoms with Gasteiger partial charge < -0.3 is 9.80 Å². The van der Waals surface area contributed by atoms with Gasteiger partial charge in [0.2, 0.25) is 0 Å². The van der Waals surface area contributed by atoms with Crippen LogP contribution in [0.5, 0.6) is 0 Å². The Bertz CT molecular complexity index is 1190. The van der Waals surface area contributed by atoms with E-state index in [4.69, 9.17) is 26.9 Å². The number of carbonyl (C=O) groups is 1. The SMILES string of the molecule is C#N.Cc1cn2nc(C3CCCCN3C(=O)c3cccc(F)c3Cl)cc2nc1N1CCCC1. The Kier molecular flexibility index (Phi) is 6.80. The third-order valence-electron chi connectivity index (χ3n) is 6.32. The maximum Gasteiger partial charge on any atom is 0.256 e. The third kappa shape index (κ3) is 4.38. The lowest BCUT2D eigenvalue weighted by molar-refractivity contribution is 0.0605. The quantitative estimate of drug-likeness (QED) is 0.544. The van der Waals surface area contributed by atoms with E-state index in [0.29, 0.717) is 6.54 Å². The maximum absolute atomic E-state index is 13.9. The number of halogens is 2. The van der Waals surface area contributed by atoms with Crippen LogP contribution in [0.1, 0.15) is 59.8 Å². The molecule has 0 saturated carbocycles. The molecular weight excluding hydrogens is 443 g/mol. The number of aromatic nitrogens is 3. The lowest BCUT2D eigenvalue weighted by Gasteiger charge is -2.35. The first-order valence-electron chi connectivity index (χ1n) is 11.2. The molecule has 3 aromatic rings. The molecule has 1 atom stereocenters. The molecule has 2 aliphatic rings. The molecule has 9 heteroatoms. The van der Waals surface area contributed by atoms with Crippen LogP contribution in [-0.4, -0.2) is 45.0 Å². The summed E-state index contributed by atoms with van der Waals surface area (Å²) in [5, 5.41) is 11.1. The first kappa shape index (κ1) is 23.0. The highest BCUT2D eigenvalue weighted by atomic mass is 35.5. The summed E-state index contributed by atoms with van der Waals surface area (Å²) in [4.78, 5) is 22.3. The van der Waals surface area contributed by atoms with Crippen molar-refractivity contribution in [2.24, 2.45) is 0 Å². The molecule has 0 radical (unpaired) electrons. The van der Waals surface area contributed by atoms with Gasteiger partial charge in [-0.15, -0.1) is 0 Å². The number of fused-ring (bicyclic) bond motifs is 1. The van der Waals surface area contributed by atoms with Crippen molar-refractivity contribution in [2.45, 2.75) is 45.1 Å². The maximum atomic E-state index is 13.9. The van der Waals surface area contributed by atoms with E-state index in [1.54, 1.807) is 15.5 Å². The van der Waals surface area contributed by atoms with Gasteiger partial charge in [-0.2, -0.15) is 5.10 Å². The monoisotopic (exact) mass is 468 g/mol. The normalized spacial score (nSPS) is 18.3. The molecule has 2 fully saturated rings. The van der Waals surface area contributed by atoms with Crippen molar-refractivity contribution >= 4 is 29.0 Å². The van der Waals surface area contributed by atoms with Crippen LogP contribution in [0.3, 0.4) is 0 Å². The van der Waals surface area contributed by atoms with Crippen LogP contribution in [0.15, 0.2) is 30.5 Å². The Morgan fingerprint density at radius 3 is 2.67 bits per heavy atom. The zero-order valence-electron chi connectivity index (χ0n) is 18.5. The number of aryl methyl sites for hydroxylation is 1. The molecule has 7 nitrogen and oxygen atoms in total. The summed E-state index contributed by atoms with van der Waals surface area (Å²) in [5.74, 6) is 0.177. The first-order chi connectivity index (χ1) is 16.0. The second kappa shape index (κ2) is 9.75. The molecule has 33 heavy (non-hydrogen) atoms. The molecule has 0 spiro atoms. The van der Waals surface area contributed by atoms with Crippen LogP contribution >= 0.6 is 11.6 Å². The van der Waals surface area contributed by atoms with Crippen molar-refractivity contribution in [2.75, 3.05) is 24.5 Å². The van der Waals surface area contributed by atoms with Crippen molar-refractivity contribution in [3.05, 3.63) is 58.1 Å². The largest absolute Gasteiger partial charge is 0.356 e. The van der Waals surface area contributed by atoms with E-state index >= 15 is 0 Å². The first-order valence-corrected chi connectivity index (χ1v) is 11.5. The van der Waals surface area contributed by atoms with Crippen LogP contribution in [0.4, 0.5) is 10.2 Å². The highest BCUT2D eigenvalue weighted by Gasteiger charge is 2.32. The number of nitrogens with zero attached hydrogens (tertiary/aromatic N) is 6. The van der Waals surface area contributed by atoms with Crippen LogP contribution in [0.25, 0.3) is 5.65 Å². The molecule has 2 aliphatic heterocycles. The summed E-state index contributed by atoms with van der Waals surface area (Å²) in [6.07, 6.45) is 7.11. The Morgan fingerprint density at radius 2 is 1.91 bits per heavy atom. The number of nitriles is 1. The van der Waals surface area contributed by atoms with E-state index in [1.165, 1.54) is 25.0 Å². The van der Waals surface area contributed by atoms with E-state index in [-0.39, 0.29) is 22.5 Å². The van der Waals surface area contributed by atoms with Gasteiger partial charge in [-0.05, 0) is 51.2 Å². The topological polar surface area (TPSA) is 77.5 Å². The summed E-state index contributed by atoms with van der Waals surface area (Å²) >= 11 is 6.11. The fraction of sp³-hybridized carbons (Fsp3) is 0.417. The molecule has 1 unspecified atom stereocenters. The average Bonchev–Trinajstić information content (AvgIpc) is 3.51. The van der Waals surface area contributed by atoms with Crippen molar-refractivity contribution < 1.29 is 9.18 Å². The van der Waals surface area contributed by atoms with E-state index in [9.17, 15) is 9.18 Å². The fourth-order valence-electron chi connectivity index (χ4n) is 4.74. The number of carbonyl (C=O) groups excluding carboxylic acids is 1. The lowest BCUT2D eigenvalue weighted by Crippen LogP contribution is -2.39. The summed E-state index contributed by atoms with van der Waals surface area (Å²) in [6.45, 7) is 8.22. The van der Waals surface area contributed by atoms with E-state index < -0.39 is 5.82 Å². The summed E-state index contributed by atoms with van der Waals surface area (Å²) in [5.41, 5.74) is 2.88. The van der Waals surface area contributed by atoms with Gasteiger partial charge in [0, 0.05) is 44.0 Å². The predicted octanol–water partition coefficient (Wildman–Crippen LogP) is 4.94. The standard InChI is InChI=1S/C23H25ClFN5O.CHN/c1-15-14-30-20(26-22(15)28-10-4-5-11-28)13-18(27-30)19-9-2-3-12-29(19)23(31)16-7-6-8-17(25)21(16)24;1-2/h6-8,13-14,19H,2-5,9-12H2,1H3;1H. The highest BCUT2D eigenvalue weighted by Crippen LogP contribution is 2.34. The smallest absolute Gasteiger partial charge is 0.256 e. The molecular formula is C24H26ClFN6O. The summed E-state index contributed by atoms with van der Waals surface area (Å²) in [7, 11) is 0. The molecule has 2 aromatic heterocycles. The minimum atomic E-state index is -0.581. The van der Waals surface area contributed by atoms with Gasteiger partial charge in [-0.3, -0.25) is 4.79 Å². The molecule has 5 rings (SSSR count). The fourth-order valence-corrected chi connectivity index (χ4v) is 4.94. The highest BCUT2D eigenvalue weighted by molar-refractivity contribution is 6.34. The Hall–Kier alpha value is -3.18. The molecule has 0 bridgehead atoms. The van der Waals surface area contributed by atoms with Gasteiger partial charge in [0.15, 0.2) is 5.65 Å². The van der Waals surface area contributed by atoms with Gasteiger partial charge in [0.1, 0.15) is 11.6 Å². The van der Waals surface area contributed by atoms with Crippen LogP contribution in [0, 0.1) is 24.6 Å². The van der Waals surface area contributed by atoms with Gasteiger partial charge in [0.25, 0.3) is 5.91 Å². The molecule has 1 aromatic carbocycles. The number of anilines is 1. The molecule has 4 heterocycles. The summed E-state index contributed by atoms with van der Waals surface area (Å²) < 4.78 is 15.7. The number of hydrogen-bond donors (Lipinski definition) is 0. The van der Waals surface area contributed by atoms with Crippen molar-refractivity contribution in [1.82, 2.24) is 19.5 Å². The second-order valence-corrected chi connectivity index (χ2v) is 8.80. The van der Waals surface area contributed by atoms with Crippen LogP contribution in [-0.2, 0) is 0 Å². The lowest BCUT2D eigenvalue weighted by atomic mass is 9.98. The number of rotatable bonds is 3. The number of benzene rings is 1. The van der Waals surface area contributed by atoms with Gasteiger partial charge >= 0.3 is 0 Å². The average molecular weight is 469 g/mol. The van der Waals surface area contributed by atoms with Crippen LogP contribution < -0.4 is 4.90 Å². The molecule has 1 amide bonds. The number of hydrogen-bond acceptors (Lipinski definition) is 5. The number of piperidine rings is 1. The van der Waals surface area contributed by atoms with Gasteiger partial charge in [-0.25, -0.2) is 19.2 Å².